The number of carbonyl (C=O) groups is 1. The number of hydrogen-bond acceptors (Lipinski definition) is 7. The van der Waals surface area contributed by atoms with Gasteiger partial charge >= 0.3 is 5.97 Å². The van der Waals surface area contributed by atoms with Gasteiger partial charge in [-0.1, -0.05) is 78.5 Å². The van der Waals surface area contributed by atoms with Crippen molar-refractivity contribution in [3.8, 4) is 0 Å². The third-order valence-electron chi connectivity index (χ3n) is 5.63. The van der Waals surface area contributed by atoms with E-state index in [4.69, 9.17) is 18.9 Å². The fraction of sp³-hybridized carbons (Fsp3) is 0.269. The number of aliphatic hydroxyl groups excluding tert-OH is 1. The summed E-state index contributed by atoms with van der Waals surface area (Å²) >= 11 is 1.40. The van der Waals surface area contributed by atoms with Crippen LogP contribution in [0.2, 0.25) is 0 Å². The van der Waals surface area contributed by atoms with Gasteiger partial charge in [-0.3, -0.25) is 0 Å². The summed E-state index contributed by atoms with van der Waals surface area (Å²) in [7, 11) is 0. The SMILES string of the molecule is O=C(OC1C(O)[C@H]2OC(c3ccccc3)OCC2O[C@H]1Sc1ccccc1)c1ccccc1. The molecule has 0 saturated carbocycles. The van der Waals surface area contributed by atoms with E-state index < -0.39 is 42.1 Å². The summed E-state index contributed by atoms with van der Waals surface area (Å²) in [6, 6.07) is 27.9. The van der Waals surface area contributed by atoms with Gasteiger partial charge in [0.05, 0.1) is 12.2 Å². The van der Waals surface area contributed by atoms with Gasteiger partial charge in [0.25, 0.3) is 0 Å². The summed E-state index contributed by atoms with van der Waals surface area (Å²) in [5.74, 6) is -0.521. The molecule has 170 valence electrons. The first-order valence-electron chi connectivity index (χ1n) is 10.8. The van der Waals surface area contributed by atoms with E-state index in [2.05, 4.69) is 0 Å². The number of esters is 1. The second kappa shape index (κ2) is 10.1. The maximum atomic E-state index is 12.8. The van der Waals surface area contributed by atoms with Crippen LogP contribution in [-0.2, 0) is 18.9 Å². The van der Waals surface area contributed by atoms with Crippen LogP contribution in [-0.4, -0.2) is 47.5 Å². The van der Waals surface area contributed by atoms with Crippen LogP contribution in [0.1, 0.15) is 22.2 Å². The minimum absolute atomic E-state index is 0.256. The zero-order valence-corrected chi connectivity index (χ0v) is 18.5. The Bertz CT molecular complexity index is 1050. The molecule has 0 aromatic heterocycles. The Morgan fingerprint density at radius 2 is 1.52 bits per heavy atom. The van der Waals surface area contributed by atoms with Crippen LogP contribution < -0.4 is 0 Å². The number of rotatable bonds is 5. The summed E-state index contributed by atoms with van der Waals surface area (Å²) in [6.45, 7) is 0.256. The standard InChI is InChI=1S/C26H24O6S/c27-21-22-20(16-29-25(32-22)18-12-6-2-7-13-18)30-26(33-19-14-8-3-9-15-19)23(21)31-24(28)17-10-4-1-5-11-17/h1-15,20-23,25-27H,16H2/t20?,21?,22-,23?,25?,26-/m0/s1. The van der Waals surface area contributed by atoms with E-state index in [1.807, 2.05) is 66.7 Å². The van der Waals surface area contributed by atoms with Crippen molar-refractivity contribution in [1.82, 2.24) is 0 Å². The molecule has 3 aromatic carbocycles. The van der Waals surface area contributed by atoms with E-state index in [0.29, 0.717) is 5.56 Å². The number of carbonyl (C=O) groups excluding carboxylic acids is 1. The third kappa shape index (κ3) is 4.98. The summed E-state index contributed by atoms with van der Waals surface area (Å²) in [4.78, 5) is 13.8. The van der Waals surface area contributed by atoms with Crippen molar-refractivity contribution in [2.24, 2.45) is 0 Å². The van der Waals surface area contributed by atoms with Crippen LogP contribution in [0.5, 0.6) is 0 Å². The first-order valence-corrected chi connectivity index (χ1v) is 11.7. The molecular weight excluding hydrogens is 440 g/mol. The topological polar surface area (TPSA) is 74.2 Å². The van der Waals surface area contributed by atoms with Crippen LogP contribution >= 0.6 is 11.8 Å². The molecule has 6 atom stereocenters. The average Bonchev–Trinajstić information content (AvgIpc) is 2.88. The summed E-state index contributed by atoms with van der Waals surface area (Å²) < 4.78 is 24.1. The van der Waals surface area contributed by atoms with Crippen molar-refractivity contribution >= 4 is 17.7 Å². The fourth-order valence-electron chi connectivity index (χ4n) is 3.97. The summed E-state index contributed by atoms with van der Waals surface area (Å²) in [5.41, 5.74) is 0.629. The van der Waals surface area contributed by atoms with Gasteiger partial charge in [-0.2, -0.15) is 0 Å². The molecule has 0 spiro atoms. The van der Waals surface area contributed by atoms with Crippen molar-refractivity contribution in [3.63, 3.8) is 0 Å². The van der Waals surface area contributed by atoms with Crippen molar-refractivity contribution < 1.29 is 28.8 Å². The van der Waals surface area contributed by atoms with E-state index in [1.165, 1.54) is 11.8 Å². The quantitative estimate of drug-likeness (QED) is 0.567. The molecule has 0 radical (unpaired) electrons. The van der Waals surface area contributed by atoms with Gasteiger partial charge in [-0.25, -0.2) is 4.79 Å². The highest BCUT2D eigenvalue weighted by Gasteiger charge is 2.51. The molecule has 2 heterocycles. The molecule has 2 aliphatic heterocycles. The first kappa shape index (κ1) is 22.1. The highest BCUT2D eigenvalue weighted by molar-refractivity contribution is 7.99. The number of benzene rings is 3. The van der Waals surface area contributed by atoms with Gasteiger partial charge in [-0.15, -0.1) is 0 Å². The highest BCUT2D eigenvalue weighted by atomic mass is 32.2. The lowest BCUT2D eigenvalue weighted by atomic mass is 9.98. The molecular formula is C26H24O6S. The minimum Gasteiger partial charge on any atom is -0.452 e. The van der Waals surface area contributed by atoms with Crippen molar-refractivity contribution in [2.45, 2.75) is 41.0 Å². The minimum atomic E-state index is -1.09. The number of hydrogen-bond donors (Lipinski definition) is 1. The zero-order chi connectivity index (χ0) is 22.6. The Morgan fingerprint density at radius 1 is 0.879 bits per heavy atom. The van der Waals surface area contributed by atoms with Gasteiger partial charge in [0.15, 0.2) is 12.4 Å². The van der Waals surface area contributed by atoms with E-state index in [-0.39, 0.29) is 6.61 Å². The Kier molecular flexibility index (Phi) is 6.75. The van der Waals surface area contributed by atoms with Gasteiger partial charge in [0.2, 0.25) is 0 Å². The van der Waals surface area contributed by atoms with Crippen molar-refractivity contribution in [2.75, 3.05) is 6.61 Å². The Balaban J connectivity index is 1.38. The molecule has 6 nitrogen and oxygen atoms in total. The Morgan fingerprint density at radius 3 is 2.21 bits per heavy atom. The molecule has 3 aromatic rings. The van der Waals surface area contributed by atoms with Crippen LogP contribution in [0, 0.1) is 0 Å². The third-order valence-corrected chi connectivity index (χ3v) is 6.79. The van der Waals surface area contributed by atoms with E-state index in [9.17, 15) is 9.90 Å². The highest BCUT2D eigenvalue weighted by Crippen LogP contribution is 2.40. The maximum Gasteiger partial charge on any atom is 0.338 e. The van der Waals surface area contributed by atoms with Gasteiger partial charge in [0, 0.05) is 10.5 Å². The lowest BCUT2D eigenvalue weighted by Crippen LogP contribution is -2.61. The number of aliphatic hydroxyl groups is 1. The van der Waals surface area contributed by atoms with E-state index in [0.717, 1.165) is 10.5 Å². The lowest BCUT2D eigenvalue weighted by Gasteiger charge is -2.47. The first-order chi connectivity index (χ1) is 16.2. The van der Waals surface area contributed by atoms with Gasteiger partial charge < -0.3 is 24.1 Å². The molecule has 1 N–H and O–H groups in total. The average molecular weight is 465 g/mol. The molecule has 0 bridgehead atoms. The van der Waals surface area contributed by atoms with Gasteiger partial charge in [-0.05, 0) is 24.3 Å². The zero-order valence-electron chi connectivity index (χ0n) is 17.7. The molecule has 0 aliphatic carbocycles. The monoisotopic (exact) mass is 464 g/mol. The molecule has 2 aliphatic rings. The second-order valence-corrected chi connectivity index (χ2v) is 9.05. The van der Waals surface area contributed by atoms with E-state index >= 15 is 0 Å². The predicted octanol–water partition coefficient (Wildman–Crippen LogP) is 4.20. The number of thioether (sulfide) groups is 1. The fourth-order valence-corrected chi connectivity index (χ4v) is 5.10. The summed E-state index contributed by atoms with van der Waals surface area (Å²) in [6.07, 6.45) is -3.85. The molecule has 0 amide bonds. The van der Waals surface area contributed by atoms with Crippen molar-refractivity contribution in [1.29, 1.82) is 0 Å². The summed E-state index contributed by atoms with van der Waals surface area (Å²) in [5, 5.41) is 11.3. The van der Waals surface area contributed by atoms with Crippen LogP contribution in [0.4, 0.5) is 0 Å². The normalized spacial score (nSPS) is 29.1. The van der Waals surface area contributed by atoms with Gasteiger partial charge in [0.1, 0.15) is 23.7 Å². The predicted molar refractivity (Wildman–Crippen MR) is 123 cm³/mol. The number of ether oxygens (including phenoxy) is 4. The molecule has 33 heavy (non-hydrogen) atoms. The smallest absolute Gasteiger partial charge is 0.338 e. The largest absolute Gasteiger partial charge is 0.452 e. The number of fused-ring (bicyclic) bond motifs is 1. The molecule has 2 saturated heterocycles. The molecule has 7 heteroatoms. The lowest BCUT2D eigenvalue weighted by molar-refractivity contribution is -0.317. The van der Waals surface area contributed by atoms with Crippen molar-refractivity contribution in [3.05, 3.63) is 102 Å². The van der Waals surface area contributed by atoms with Crippen LogP contribution in [0.25, 0.3) is 0 Å². The van der Waals surface area contributed by atoms with Crippen LogP contribution in [0.15, 0.2) is 95.9 Å². The maximum absolute atomic E-state index is 12.8. The second-order valence-electron chi connectivity index (χ2n) is 7.88. The molecule has 4 unspecified atom stereocenters. The Labute approximate surface area is 196 Å². The Hall–Kier alpha value is -2.68. The molecule has 5 rings (SSSR count). The van der Waals surface area contributed by atoms with E-state index in [1.54, 1.807) is 24.3 Å². The van der Waals surface area contributed by atoms with Crippen LogP contribution in [0.3, 0.4) is 0 Å². The molecule has 2 fully saturated rings.